The third kappa shape index (κ3) is 1.21. The van der Waals surface area contributed by atoms with Gasteiger partial charge in [-0.1, -0.05) is 11.8 Å². The van der Waals surface area contributed by atoms with E-state index >= 15 is 0 Å². The van der Waals surface area contributed by atoms with Crippen molar-refractivity contribution in [3.63, 3.8) is 0 Å². The summed E-state index contributed by atoms with van der Waals surface area (Å²) in [6.07, 6.45) is 1.45. The Bertz CT molecular complexity index is 123. The number of aliphatic hydroxyl groups excluding tert-OH is 1. The van der Waals surface area contributed by atoms with Crippen LogP contribution >= 0.6 is 11.8 Å². The van der Waals surface area contributed by atoms with Crippen molar-refractivity contribution in [3.05, 3.63) is 0 Å². The molecule has 0 fully saturated rings. The summed E-state index contributed by atoms with van der Waals surface area (Å²) in [5, 5.41) is 8.80. The number of nitrogens with two attached hydrogens (primary N) is 1. The highest BCUT2D eigenvalue weighted by Crippen LogP contribution is 2.28. The van der Waals surface area contributed by atoms with E-state index in [0.29, 0.717) is 0 Å². The minimum atomic E-state index is -0.598. The van der Waals surface area contributed by atoms with Crippen molar-refractivity contribution in [1.82, 2.24) is 0 Å². The lowest BCUT2D eigenvalue weighted by Crippen LogP contribution is -2.27. The first-order valence-electron chi connectivity index (χ1n) is 2.30. The van der Waals surface area contributed by atoms with Gasteiger partial charge in [-0.15, -0.1) is 0 Å². The monoisotopic (exact) mass is 132 g/mol. The molecule has 0 bridgehead atoms. The number of thioether (sulfide) groups is 1. The second kappa shape index (κ2) is 1.72. The summed E-state index contributed by atoms with van der Waals surface area (Å²) in [5.74, 6) is 0. The molecular weight excluding hydrogens is 124 g/mol. The van der Waals surface area contributed by atoms with Crippen LogP contribution in [0.15, 0.2) is 4.99 Å². The van der Waals surface area contributed by atoms with Crippen LogP contribution in [-0.2, 0) is 0 Å². The van der Waals surface area contributed by atoms with Gasteiger partial charge in [0, 0.05) is 6.21 Å². The highest BCUT2D eigenvalue weighted by atomic mass is 32.2. The molecular formula is C4H8N2OS. The summed E-state index contributed by atoms with van der Waals surface area (Å²) in [6.45, 7) is 1.75. The van der Waals surface area contributed by atoms with Crippen LogP contribution in [0, 0.1) is 0 Å². The van der Waals surface area contributed by atoms with E-state index in [1.807, 2.05) is 0 Å². The fraction of sp³-hybridized carbons (Fsp3) is 0.750. The predicted molar refractivity (Wildman–Crippen MR) is 34.7 cm³/mol. The summed E-state index contributed by atoms with van der Waals surface area (Å²) in [4.78, 5) is 3.22. The van der Waals surface area contributed by atoms with Crippen molar-refractivity contribution >= 4 is 18.0 Å². The van der Waals surface area contributed by atoms with Gasteiger partial charge in [0.1, 0.15) is 5.44 Å². The lowest BCUT2D eigenvalue weighted by molar-refractivity contribution is 0.332. The molecule has 8 heavy (non-hydrogen) atoms. The van der Waals surface area contributed by atoms with E-state index in [2.05, 4.69) is 4.99 Å². The van der Waals surface area contributed by atoms with Gasteiger partial charge in [-0.3, -0.25) is 10.7 Å². The molecule has 0 aliphatic carbocycles. The second-order valence-electron chi connectivity index (χ2n) is 1.84. The molecule has 0 spiro atoms. The average molecular weight is 132 g/mol. The summed E-state index contributed by atoms with van der Waals surface area (Å²) in [5.41, 5.74) is 4.96. The Morgan fingerprint density at radius 2 is 2.62 bits per heavy atom. The molecule has 0 aromatic rings. The molecule has 0 saturated heterocycles. The molecule has 3 N–H and O–H groups in total. The summed E-state index contributed by atoms with van der Waals surface area (Å²) in [7, 11) is 0. The summed E-state index contributed by atoms with van der Waals surface area (Å²) < 4.78 is 0. The second-order valence-corrected chi connectivity index (χ2v) is 3.39. The zero-order valence-corrected chi connectivity index (χ0v) is 5.35. The van der Waals surface area contributed by atoms with E-state index in [0.717, 1.165) is 0 Å². The lowest BCUT2D eigenvalue weighted by Gasteiger charge is -2.11. The van der Waals surface area contributed by atoms with Crippen molar-refractivity contribution in [2.45, 2.75) is 17.4 Å². The Balaban J connectivity index is 2.58. The molecule has 4 heteroatoms. The first-order chi connectivity index (χ1) is 3.60. The van der Waals surface area contributed by atoms with E-state index in [4.69, 9.17) is 10.8 Å². The van der Waals surface area contributed by atoms with Gasteiger partial charge < -0.3 is 5.11 Å². The summed E-state index contributed by atoms with van der Waals surface area (Å²) >= 11 is 1.23. The van der Waals surface area contributed by atoms with Crippen molar-refractivity contribution in [3.8, 4) is 0 Å². The Morgan fingerprint density at radius 1 is 2.00 bits per heavy atom. The Morgan fingerprint density at radius 3 is 2.75 bits per heavy atom. The maximum Gasteiger partial charge on any atom is 0.154 e. The first-order valence-corrected chi connectivity index (χ1v) is 3.18. The number of aliphatic hydroxyl groups is 1. The number of hydrogen-bond donors (Lipinski definition) is 2. The number of rotatable bonds is 0. The highest BCUT2D eigenvalue weighted by molar-refractivity contribution is 8.01. The maximum atomic E-state index is 8.80. The van der Waals surface area contributed by atoms with E-state index in [1.54, 1.807) is 6.92 Å². The third-order valence-corrected chi connectivity index (χ3v) is 1.76. The smallest absolute Gasteiger partial charge is 0.154 e. The van der Waals surface area contributed by atoms with Crippen LogP contribution in [-0.4, -0.2) is 21.8 Å². The topological polar surface area (TPSA) is 58.6 Å². The Kier molecular flexibility index (Phi) is 1.30. The minimum Gasteiger partial charge on any atom is -0.377 e. The van der Waals surface area contributed by atoms with Gasteiger partial charge in [-0.25, -0.2) is 0 Å². The van der Waals surface area contributed by atoms with Gasteiger partial charge >= 0.3 is 0 Å². The zero-order chi connectivity index (χ0) is 6.20. The lowest BCUT2D eigenvalue weighted by atomic mass is 10.6. The van der Waals surface area contributed by atoms with Crippen LogP contribution in [0.25, 0.3) is 0 Å². The van der Waals surface area contributed by atoms with Crippen LogP contribution in [0.5, 0.6) is 0 Å². The molecule has 1 heterocycles. The normalized spacial score (nSPS) is 45.6. The molecule has 3 nitrogen and oxygen atoms in total. The largest absolute Gasteiger partial charge is 0.377 e. The first kappa shape index (κ1) is 6.07. The highest BCUT2D eigenvalue weighted by Gasteiger charge is 2.26. The molecule has 1 aliphatic rings. The van der Waals surface area contributed by atoms with E-state index in [1.165, 1.54) is 18.0 Å². The fourth-order valence-corrected chi connectivity index (χ4v) is 1.25. The molecule has 2 unspecified atom stereocenters. The van der Waals surface area contributed by atoms with Gasteiger partial charge in [-0.2, -0.15) is 0 Å². The van der Waals surface area contributed by atoms with Gasteiger partial charge in [0.2, 0.25) is 0 Å². The molecule has 0 saturated carbocycles. The van der Waals surface area contributed by atoms with Gasteiger partial charge in [0.25, 0.3) is 0 Å². The number of aliphatic imine (C=N–C) groups is 1. The third-order valence-electron chi connectivity index (χ3n) is 0.818. The molecule has 0 amide bonds. The van der Waals surface area contributed by atoms with Crippen molar-refractivity contribution < 1.29 is 5.11 Å². The quantitative estimate of drug-likeness (QED) is 0.478. The maximum absolute atomic E-state index is 8.80. The molecule has 0 radical (unpaired) electrons. The predicted octanol–water partition coefficient (Wildman–Crippen LogP) is -0.245. The van der Waals surface area contributed by atoms with E-state index in [9.17, 15) is 0 Å². The average Bonchev–Trinajstić information content (AvgIpc) is 1.82. The Hall–Kier alpha value is -0.0600. The van der Waals surface area contributed by atoms with Gasteiger partial charge in [0.15, 0.2) is 4.99 Å². The molecule has 1 aliphatic heterocycles. The van der Waals surface area contributed by atoms with Crippen LogP contribution in [0.4, 0.5) is 0 Å². The van der Waals surface area contributed by atoms with Gasteiger partial charge in [0.05, 0.1) is 0 Å². The Labute approximate surface area is 52.0 Å². The number of nitrogens with zero attached hydrogens (tertiary/aromatic N) is 1. The van der Waals surface area contributed by atoms with Crippen LogP contribution in [0.3, 0.4) is 0 Å². The minimum absolute atomic E-state index is 0.509. The van der Waals surface area contributed by atoms with E-state index in [-0.39, 0.29) is 0 Å². The van der Waals surface area contributed by atoms with Crippen molar-refractivity contribution in [2.24, 2.45) is 10.7 Å². The SMILES string of the molecule is CC1(N)N=CC(O)S1. The molecule has 0 aromatic carbocycles. The van der Waals surface area contributed by atoms with E-state index < -0.39 is 10.4 Å². The van der Waals surface area contributed by atoms with Crippen molar-refractivity contribution in [2.75, 3.05) is 0 Å². The molecule has 46 valence electrons. The van der Waals surface area contributed by atoms with Gasteiger partial charge in [-0.05, 0) is 6.92 Å². The van der Waals surface area contributed by atoms with Crippen LogP contribution in [0.2, 0.25) is 0 Å². The molecule has 0 aromatic heterocycles. The van der Waals surface area contributed by atoms with Crippen LogP contribution in [0.1, 0.15) is 6.92 Å². The molecule has 2 atom stereocenters. The number of hydrogen-bond acceptors (Lipinski definition) is 4. The fourth-order valence-electron chi connectivity index (χ4n) is 0.517. The molecule has 1 rings (SSSR count). The summed E-state index contributed by atoms with van der Waals surface area (Å²) in [6, 6.07) is 0. The standard InChI is InChI=1S/C4H8N2OS/c1-4(5)6-2-3(7)8-4/h2-3,7H,5H2,1H3. The zero-order valence-electron chi connectivity index (χ0n) is 4.53. The van der Waals surface area contributed by atoms with Crippen LogP contribution < -0.4 is 5.73 Å². The van der Waals surface area contributed by atoms with Crippen molar-refractivity contribution in [1.29, 1.82) is 0 Å².